The Labute approximate surface area is 255 Å². The van der Waals surface area contributed by atoms with Crippen LogP contribution in [0.15, 0.2) is 104 Å². The van der Waals surface area contributed by atoms with E-state index in [9.17, 15) is 9.59 Å². The van der Waals surface area contributed by atoms with Crippen LogP contribution < -0.4 is 0 Å². The Kier molecular flexibility index (Phi) is 8.51. The quantitative estimate of drug-likeness (QED) is 0.219. The van der Waals surface area contributed by atoms with E-state index < -0.39 is 6.04 Å². The summed E-state index contributed by atoms with van der Waals surface area (Å²) in [7, 11) is 0. The molecule has 6 rings (SSSR count). The number of hydrogen-bond donors (Lipinski definition) is 0. The molecule has 3 heterocycles. The third kappa shape index (κ3) is 6.79. The highest BCUT2D eigenvalue weighted by molar-refractivity contribution is 7.12. The van der Waals surface area contributed by atoms with Gasteiger partial charge >= 0.3 is 0 Å². The molecule has 1 atom stereocenters. The molecule has 8 nitrogen and oxygen atoms in total. The Morgan fingerprint density at radius 3 is 2.47 bits per heavy atom. The molecule has 0 aliphatic carbocycles. The molecule has 1 unspecified atom stereocenters. The van der Waals surface area contributed by atoms with E-state index in [1.54, 1.807) is 34.3 Å². The second kappa shape index (κ2) is 13.0. The van der Waals surface area contributed by atoms with Crippen molar-refractivity contribution in [1.29, 1.82) is 0 Å². The van der Waals surface area contributed by atoms with Gasteiger partial charge in [0.25, 0.3) is 0 Å². The SMILES string of the molecule is Cc1ncc(C=CC(=O)N(Cc2ccc(-n3cncn3)cc2)C(Cc2ccccc2)C(=O)N2CCc3ccccc3C2)s1. The Morgan fingerprint density at radius 2 is 1.74 bits per heavy atom. The Bertz CT molecular complexity index is 1710. The van der Waals surface area contributed by atoms with E-state index in [1.165, 1.54) is 23.2 Å². The van der Waals surface area contributed by atoms with Gasteiger partial charge in [-0.05, 0) is 53.8 Å². The second-order valence-electron chi connectivity index (χ2n) is 10.6. The van der Waals surface area contributed by atoms with Gasteiger partial charge < -0.3 is 9.80 Å². The Hall–Kier alpha value is -4.89. The summed E-state index contributed by atoms with van der Waals surface area (Å²) in [6.07, 6.45) is 9.44. The number of amides is 2. The van der Waals surface area contributed by atoms with Crippen molar-refractivity contribution in [2.24, 2.45) is 0 Å². The number of nitrogens with zero attached hydrogens (tertiary/aromatic N) is 6. The fourth-order valence-corrected chi connectivity index (χ4v) is 6.09. The maximum atomic E-state index is 14.4. The van der Waals surface area contributed by atoms with Crippen molar-refractivity contribution < 1.29 is 9.59 Å². The van der Waals surface area contributed by atoms with E-state index in [1.807, 2.05) is 78.6 Å². The largest absolute Gasteiger partial charge is 0.336 e. The molecule has 9 heteroatoms. The van der Waals surface area contributed by atoms with Gasteiger partial charge in [-0.1, -0.05) is 66.7 Å². The number of benzene rings is 3. The molecule has 2 amide bonds. The van der Waals surface area contributed by atoms with Gasteiger partial charge in [-0.25, -0.2) is 14.6 Å². The molecule has 216 valence electrons. The summed E-state index contributed by atoms with van der Waals surface area (Å²) in [4.78, 5) is 41.3. The van der Waals surface area contributed by atoms with Crippen LogP contribution in [0.2, 0.25) is 0 Å². The van der Waals surface area contributed by atoms with E-state index in [0.717, 1.165) is 38.7 Å². The summed E-state index contributed by atoms with van der Waals surface area (Å²) in [6, 6.07) is 25.3. The van der Waals surface area contributed by atoms with Crippen molar-refractivity contribution in [2.45, 2.75) is 38.9 Å². The molecule has 1 aliphatic rings. The standard InChI is InChI=1S/C34H32N6O2S/c1-25-36-20-31(43-25)15-16-33(41)39(21-27-11-13-30(14-12-27)40-24-35-23-37-40)32(19-26-7-3-2-4-8-26)34(42)38-18-17-28-9-5-6-10-29(28)22-38/h2-16,20,23-24,32H,17-19,21-22H2,1H3. The highest BCUT2D eigenvalue weighted by Crippen LogP contribution is 2.24. The van der Waals surface area contributed by atoms with Crippen LogP contribution in [0.5, 0.6) is 0 Å². The van der Waals surface area contributed by atoms with Crippen LogP contribution >= 0.6 is 11.3 Å². The molecule has 3 aromatic carbocycles. The van der Waals surface area contributed by atoms with Gasteiger partial charge in [0, 0.05) is 43.2 Å². The predicted molar refractivity (Wildman–Crippen MR) is 167 cm³/mol. The summed E-state index contributed by atoms with van der Waals surface area (Å²) < 4.78 is 1.68. The number of hydrogen-bond acceptors (Lipinski definition) is 6. The van der Waals surface area contributed by atoms with Crippen molar-refractivity contribution in [3.63, 3.8) is 0 Å². The molecule has 0 spiro atoms. The first kappa shape index (κ1) is 28.2. The topological polar surface area (TPSA) is 84.2 Å². The third-order valence-electron chi connectivity index (χ3n) is 7.66. The lowest BCUT2D eigenvalue weighted by Crippen LogP contribution is -2.52. The molecule has 0 N–H and O–H groups in total. The predicted octanol–water partition coefficient (Wildman–Crippen LogP) is 5.27. The number of carbonyl (C=O) groups is 2. The number of aromatic nitrogens is 4. The smallest absolute Gasteiger partial charge is 0.247 e. The monoisotopic (exact) mass is 588 g/mol. The summed E-state index contributed by atoms with van der Waals surface area (Å²) in [6.45, 7) is 3.36. The Balaban J connectivity index is 1.34. The van der Waals surface area contributed by atoms with Crippen molar-refractivity contribution in [2.75, 3.05) is 6.54 Å². The van der Waals surface area contributed by atoms with E-state index in [2.05, 4.69) is 27.2 Å². The first-order valence-corrected chi connectivity index (χ1v) is 15.1. The zero-order valence-electron chi connectivity index (χ0n) is 23.9. The van der Waals surface area contributed by atoms with E-state index >= 15 is 0 Å². The average molecular weight is 589 g/mol. The van der Waals surface area contributed by atoms with Crippen LogP contribution in [-0.2, 0) is 35.5 Å². The molecule has 43 heavy (non-hydrogen) atoms. The highest BCUT2D eigenvalue weighted by Gasteiger charge is 2.34. The lowest BCUT2D eigenvalue weighted by molar-refractivity contribution is -0.144. The van der Waals surface area contributed by atoms with Gasteiger partial charge in [-0.15, -0.1) is 11.3 Å². The summed E-state index contributed by atoms with van der Waals surface area (Å²) in [5, 5.41) is 5.13. The fraction of sp³-hybridized carbons (Fsp3) is 0.206. The van der Waals surface area contributed by atoms with E-state index in [-0.39, 0.29) is 18.4 Å². The minimum Gasteiger partial charge on any atom is -0.336 e. The van der Waals surface area contributed by atoms with Gasteiger partial charge in [0.2, 0.25) is 11.8 Å². The van der Waals surface area contributed by atoms with Crippen molar-refractivity contribution >= 4 is 29.2 Å². The maximum absolute atomic E-state index is 14.4. The van der Waals surface area contributed by atoms with Crippen molar-refractivity contribution in [3.05, 3.63) is 136 Å². The van der Waals surface area contributed by atoms with E-state index in [0.29, 0.717) is 19.5 Å². The van der Waals surface area contributed by atoms with E-state index in [4.69, 9.17) is 0 Å². The number of thiazole rings is 1. The minimum atomic E-state index is -0.692. The number of rotatable bonds is 9. The zero-order chi connectivity index (χ0) is 29.6. The first-order chi connectivity index (χ1) is 21.0. The Morgan fingerprint density at radius 1 is 0.977 bits per heavy atom. The first-order valence-electron chi connectivity index (χ1n) is 14.3. The lowest BCUT2D eigenvalue weighted by atomic mass is 9.97. The highest BCUT2D eigenvalue weighted by atomic mass is 32.1. The van der Waals surface area contributed by atoms with Gasteiger partial charge in [-0.3, -0.25) is 9.59 Å². The summed E-state index contributed by atoms with van der Waals surface area (Å²) in [5.74, 6) is -0.272. The molecule has 5 aromatic rings. The fourth-order valence-electron chi connectivity index (χ4n) is 5.40. The molecular formula is C34H32N6O2S. The molecule has 0 saturated heterocycles. The molecule has 0 bridgehead atoms. The van der Waals surface area contributed by atoms with Gasteiger partial charge in [0.05, 0.1) is 10.7 Å². The van der Waals surface area contributed by atoms with Crippen LogP contribution in [0.3, 0.4) is 0 Å². The summed E-state index contributed by atoms with van der Waals surface area (Å²) in [5.41, 5.74) is 5.20. The molecule has 1 aliphatic heterocycles. The third-order valence-corrected chi connectivity index (χ3v) is 8.54. The molecular weight excluding hydrogens is 556 g/mol. The van der Waals surface area contributed by atoms with Gasteiger partial charge in [-0.2, -0.15) is 5.10 Å². The van der Waals surface area contributed by atoms with Crippen LogP contribution in [0.1, 0.15) is 32.1 Å². The molecule has 0 radical (unpaired) electrons. The van der Waals surface area contributed by atoms with Gasteiger partial charge in [0.15, 0.2) is 0 Å². The number of carbonyl (C=O) groups excluding carboxylic acids is 2. The van der Waals surface area contributed by atoms with Crippen molar-refractivity contribution in [1.82, 2.24) is 29.5 Å². The van der Waals surface area contributed by atoms with Crippen LogP contribution in [0.4, 0.5) is 0 Å². The minimum absolute atomic E-state index is 0.0482. The van der Waals surface area contributed by atoms with Crippen LogP contribution in [0, 0.1) is 6.92 Å². The maximum Gasteiger partial charge on any atom is 0.247 e. The number of aryl methyl sites for hydroxylation is 1. The van der Waals surface area contributed by atoms with Crippen LogP contribution in [0.25, 0.3) is 11.8 Å². The molecule has 0 fully saturated rings. The summed E-state index contributed by atoms with van der Waals surface area (Å²) >= 11 is 1.52. The van der Waals surface area contributed by atoms with Crippen LogP contribution in [-0.4, -0.2) is 53.9 Å². The van der Waals surface area contributed by atoms with Crippen molar-refractivity contribution in [3.8, 4) is 5.69 Å². The lowest BCUT2D eigenvalue weighted by Gasteiger charge is -2.36. The average Bonchev–Trinajstić information content (AvgIpc) is 3.74. The number of fused-ring (bicyclic) bond motifs is 1. The normalized spacial score (nSPS) is 13.6. The van der Waals surface area contributed by atoms with Gasteiger partial charge in [0.1, 0.15) is 18.7 Å². The second-order valence-corrected chi connectivity index (χ2v) is 11.8. The molecule has 0 saturated carbocycles. The molecule has 2 aromatic heterocycles. The zero-order valence-corrected chi connectivity index (χ0v) is 24.7.